The van der Waals surface area contributed by atoms with Gasteiger partial charge in [-0.25, -0.2) is 0 Å². The highest BCUT2D eigenvalue weighted by Gasteiger charge is 2.45. The Kier molecular flexibility index (Phi) is 7.94. The first-order valence-corrected chi connectivity index (χ1v) is 11.1. The molecule has 3 rings (SSSR count). The maximum atomic E-state index is 13.0. The molecule has 0 saturated carbocycles. The Bertz CT molecular complexity index is 1000. The molecule has 1 aliphatic heterocycles. The van der Waals surface area contributed by atoms with E-state index in [0.29, 0.717) is 42.5 Å². The molecule has 0 spiro atoms. The predicted octanol–water partition coefficient (Wildman–Crippen LogP) is 4.98. The lowest BCUT2D eigenvalue weighted by atomic mass is 9.95. The maximum Gasteiger partial charge on any atom is 0.295 e. The zero-order valence-corrected chi connectivity index (χ0v) is 19.3. The van der Waals surface area contributed by atoms with Crippen LogP contribution >= 0.6 is 11.6 Å². The third-order valence-electron chi connectivity index (χ3n) is 5.15. The molecule has 0 aliphatic carbocycles. The Morgan fingerprint density at radius 2 is 1.88 bits per heavy atom. The summed E-state index contributed by atoms with van der Waals surface area (Å²) in [6, 6.07) is 13.3. The minimum absolute atomic E-state index is 0.0474. The lowest BCUT2D eigenvalue weighted by molar-refractivity contribution is -0.140. The SMILES string of the molecule is CCOc1ccc(/C(O)=C2/C(=O)C(=O)N(CCCOC(C)C)C2c2ccccc2)cc1Cl. The number of halogens is 1. The van der Waals surface area contributed by atoms with E-state index in [1.54, 1.807) is 12.1 Å². The molecule has 2 aromatic rings. The van der Waals surface area contributed by atoms with E-state index in [4.69, 9.17) is 21.1 Å². The number of amides is 1. The highest BCUT2D eigenvalue weighted by Crippen LogP contribution is 2.40. The number of hydrogen-bond donors (Lipinski definition) is 1. The summed E-state index contributed by atoms with van der Waals surface area (Å²) in [5.41, 5.74) is 1.14. The first kappa shape index (κ1) is 23.8. The number of aliphatic hydroxyl groups excluding tert-OH is 1. The fraction of sp³-hybridized carbons (Fsp3) is 0.360. The van der Waals surface area contributed by atoms with Crippen molar-refractivity contribution < 1.29 is 24.2 Å². The number of rotatable bonds is 9. The number of likely N-dealkylation sites (tertiary alicyclic amines) is 1. The van der Waals surface area contributed by atoms with Crippen molar-refractivity contribution >= 4 is 29.1 Å². The quantitative estimate of drug-likeness (QED) is 0.249. The van der Waals surface area contributed by atoms with Crippen molar-refractivity contribution in [2.24, 2.45) is 0 Å². The molecule has 1 N–H and O–H groups in total. The van der Waals surface area contributed by atoms with Crippen LogP contribution in [0.3, 0.4) is 0 Å². The summed E-state index contributed by atoms with van der Waals surface area (Å²) in [4.78, 5) is 27.4. The third-order valence-corrected chi connectivity index (χ3v) is 5.45. The summed E-state index contributed by atoms with van der Waals surface area (Å²) in [6.45, 7) is 6.98. The first-order chi connectivity index (χ1) is 15.3. The highest BCUT2D eigenvalue weighted by atomic mass is 35.5. The van der Waals surface area contributed by atoms with E-state index in [-0.39, 0.29) is 17.4 Å². The van der Waals surface area contributed by atoms with Gasteiger partial charge in [-0.1, -0.05) is 41.9 Å². The molecule has 1 aliphatic rings. The van der Waals surface area contributed by atoms with Crippen LogP contribution in [0.25, 0.3) is 5.76 Å². The van der Waals surface area contributed by atoms with Crippen molar-refractivity contribution in [1.29, 1.82) is 0 Å². The van der Waals surface area contributed by atoms with Crippen LogP contribution in [0.15, 0.2) is 54.1 Å². The molecule has 170 valence electrons. The van der Waals surface area contributed by atoms with Gasteiger partial charge in [-0.3, -0.25) is 9.59 Å². The Hall–Kier alpha value is -2.83. The molecular formula is C25H28ClNO5. The van der Waals surface area contributed by atoms with Gasteiger partial charge < -0.3 is 19.5 Å². The predicted molar refractivity (Wildman–Crippen MR) is 124 cm³/mol. The van der Waals surface area contributed by atoms with Gasteiger partial charge in [0.2, 0.25) is 0 Å². The molecule has 1 atom stereocenters. The highest BCUT2D eigenvalue weighted by molar-refractivity contribution is 6.46. The number of ether oxygens (including phenoxy) is 2. The first-order valence-electron chi connectivity index (χ1n) is 10.7. The van der Waals surface area contributed by atoms with Crippen molar-refractivity contribution in [2.75, 3.05) is 19.8 Å². The van der Waals surface area contributed by atoms with Gasteiger partial charge in [0.05, 0.1) is 29.3 Å². The molecular weight excluding hydrogens is 430 g/mol. The molecule has 0 bridgehead atoms. The second kappa shape index (κ2) is 10.7. The van der Waals surface area contributed by atoms with Gasteiger partial charge in [-0.15, -0.1) is 0 Å². The number of Topliss-reactive ketones (excluding diaryl/α,β-unsaturated/α-hetero) is 1. The summed E-state index contributed by atoms with van der Waals surface area (Å²) in [5, 5.41) is 11.4. The van der Waals surface area contributed by atoms with Gasteiger partial charge in [-0.2, -0.15) is 0 Å². The Morgan fingerprint density at radius 1 is 1.16 bits per heavy atom. The van der Waals surface area contributed by atoms with Crippen molar-refractivity contribution in [2.45, 2.75) is 39.3 Å². The van der Waals surface area contributed by atoms with Gasteiger partial charge in [0.15, 0.2) is 0 Å². The number of carbonyl (C=O) groups excluding carboxylic acids is 2. The van der Waals surface area contributed by atoms with Crippen molar-refractivity contribution in [3.8, 4) is 5.75 Å². The Balaban J connectivity index is 2.01. The van der Waals surface area contributed by atoms with Crippen LogP contribution in [-0.4, -0.2) is 47.6 Å². The topological polar surface area (TPSA) is 76.1 Å². The van der Waals surface area contributed by atoms with Gasteiger partial charge in [-0.05, 0) is 51.0 Å². The maximum absolute atomic E-state index is 13.0. The van der Waals surface area contributed by atoms with Crippen LogP contribution in [-0.2, 0) is 14.3 Å². The number of aliphatic hydroxyl groups is 1. The molecule has 6 nitrogen and oxygen atoms in total. The molecule has 32 heavy (non-hydrogen) atoms. The lowest BCUT2D eigenvalue weighted by Crippen LogP contribution is -2.31. The standard InChI is InChI=1S/C25H28ClNO5/c1-4-31-20-12-11-18(15-19(20)26)23(28)21-22(17-9-6-5-7-10-17)27(25(30)24(21)29)13-8-14-32-16(2)3/h5-7,9-12,15-16,22,28H,4,8,13-14H2,1-3H3/b23-21-. The minimum Gasteiger partial charge on any atom is -0.507 e. The van der Waals surface area contributed by atoms with Gasteiger partial charge >= 0.3 is 0 Å². The van der Waals surface area contributed by atoms with Gasteiger partial charge in [0.1, 0.15) is 11.5 Å². The largest absolute Gasteiger partial charge is 0.507 e. The monoisotopic (exact) mass is 457 g/mol. The van der Waals surface area contributed by atoms with E-state index in [1.807, 2.05) is 51.1 Å². The summed E-state index contributed by atoms with van der Waals surface area (Å²) < 4.78 is 11.0. The van der Waals surface area contributed by atoms with Crippen LogP contribution in [0.5, 0.6) is 5.75 Å². The average Bonchev–Trinajstić information content (AvgIpc) is 3.03. The van der Waals surface area contributed by atoms with Crippen LogP contribution in [0.1, 0.15) is 44.4 Å². The zero-order valence-electron chi connectivity index (χ0n) is 18.5. The van der Waals surface area contributed by atoms with Crippen LogP contribution < -0.4 is 4.74 Å². The lowest BCUT2D eigenvalue weighted by Gasteiger charge is -2.25. The summed E-state index contributed by atoms with van der Waals surface area (Å²) >= 11 is 6.28. The van der Waals surface area contributed by atoms with E-state index < -0.39 is 17.7 Å². The number of nitrogens with zero attached hydrogens (tertiary/aromatic N) is 1. The number of hydrogen-bond acceptors (Lipinski definition) is 5. The third kappa shape index (κ3) is 5.14. The molecule has 7 heteroatoms. The smallest absolute Gasteiger partial charge is 0.295 e. The number of ketones is 1. The Morgan fingerprint density at radius 3 is 2.50 bits per heavy atom. The number of carbonyl (C=O) groups is 2. The molecule has 0 radical (unpaired) electrons. The second-order valence-electron chi connectivity index (χ2n) is 7.75. The van der Waals surface area contributed by atoms with Gasteiger partial charge in [0.25, 0.3) is 11.7 Å². The normalized spacial score (nSPS) is 17.9. The molecule has 1 fully saturated rings. The summed E-state index contributed by atoms with van der Waals surface area (Å²) in [5.74, 6) is -1.13. The van der Waals surface area contributed by atoms with Crippen molar-refractivity contribution in [3.63, 3.8) is 0 Å². The molecule has 2 aromatic carbocycles. The summed E-state index contributed by atoms with van der Waals surface area (Å²) in [7, 11) is 0. The average molecular weight is 458 g/mol. The van der Waals surface area contributed by atoms with E-state index in [9.17, 15) is 14.7 Å². The summed E-state index contributed by atoms with van der Waals surface area (Å²) in [6.07, 6.45) is 0.656. The molecule has 1 unspecified atom stereocenters. The molecule has 1 saturated heterocycles. The Labute approximate surface area is 193 Å². The van der Waals surface area contributed by atoms with Gasteiger partial charge in [0, 0.05) is 18.7 Å². The second-order valence-corrected chi connectivity index (χ2v) is 8.16. The van der Waals surface area contributed by atoms with E-state index in [1.165, 1.54) is 11.0 Å². The molecule has 0 aromatic heterocycles. The zero-order chi connectivity index (χ0) is 23.3. The fourth-order valence-corrected chi connectivity index (χ4v) is 3.96. The minimum atomic E-state index is -0.717. The van der Waals surface area contributed by atoms with Crippen LogP contribution in [0.2, 0.25) is 5.02 Å². The molecule has 1 heterocycles. The number of benzene rings is 2. The van der Waals surface area contributed by atoms with E-state index in [2.05, 4.69) is 0 Å². The van der Waals surface area contributed by atoms with E-state index in [0.717, 1.165) is 5.56 Å². The van der Waals surface area contributed by atoms with Crippen LogP contribution in [0, 0.1) is 0 Å². The van der Waals surface area contributed by atoms with Crippen molar-refractivity contribution in [3.05, 3.63) is 70.3 Å². The van der Waals surface area contributed by atoms with E-state index >= 15 is 0 Å². The van der Waals surface area contributed by atoms with Crippen LogP contribution in [0.4, 0.5) is 0 Å². The van der Waals surface area contributed by atoms with Crippen molar-refractivity contribution in [1.82, 2.24) is 4.90 Å². The molecule has 1 amide bonds. The fourth-order valence-electron chi connectivity index (χ4n) is 3.72.